The monoisotopic (exact) mass is 183 g/mol. The average Bonchev–Trinajstić information content (AvgIpc) is 2.19. The Kier molecular flexibility index (Phi) is 3.96. The van der Waals surface area contributed by atoms with Gasteiger partial charge in [-0.15, -0.1) is 0 Å². The zero-order valence-corrected chi connectivity index (χ0v) is 8.05. The van der Waals surface area contributed by atoms with Gasteiger partial charge >= 0.3 is 0 Å². The van der Waals surface area contributed by atoms with Crippen molar-refractivity contribution in [2.24, 2.45) is 5.92 Å². The van der Waals surface area contributed by atoms with E-state index in [1.807, 2.05) is 6.92 Å². The van der Waals surface area contributed by atoms with Gasteiger partial charge in [0.05, 0.1) is 0 Å². The Bertz CT molecular complexity index is 205. The van der Waals surface area contributed by atoms with Gasteiger partial charge in [-0.2, -0.15) is 0 Å². The Labute approximate surface area is 78.8 Å². The Morgan fingerprint density at radius 3 is 2.54 bits per heavy atom. The Balaban J connectivity index is 2.49. The summed E-state index contributed by atoms with van der Waals surface area (Å²) in [5.74, 6) is 0.133. The van der Waals surface area contributed by atoms with Gasteiger partial charge < -0.3 is 0 Å². The molecule has 74 valence electrons. The number of allylic oxidation sites excluding steroid dienone is 1. The summed E-state index contributed by atoms with van der Waals surface area (Å²) in [6.45, 7) is 1.96. The third kappa shape index (κ3) is 3.19. The fourth-order valence-electron chi connectivity index (χ4n) is 1.91. The van der Waals surface area contributed by atoms with Crippen molar-refractivity contribution >= 4 is 5.91 Å². The Morgan fingerprint density at radius 1 is 1.38 bits per heavy atom. The zero-order chi connectivity index (χ0) is 9.68. The van der Waals surface area contributed by atoms with Gasteiger partial charge in [-0.3, -0.25) is 10.0 Å². The van der Waals surface area contributed by atoms with Crippen LogP contribution in [0.15, 0.2) is 11.6 Å². The third-order valence-electron chi connectivity index (χ3n) is 2.72. The van der Waals surface area contributed by atoms with Crippen molar-refractivity contribution in [2.75, 3.05) is 0 Å². The van der Waals surface area contributed by atoms with Crippen molar-refractivity contribution in [3.05, 3.63) is 11.6 Å². The van der Waals surface area contributed by atoms with Crippen molar-refractivity contribution in [3.63, 3.8) is 0 Å². The van der Waals surface area contributed by atoms with E-state index in [4.69, 9.17) is 5.21 Å². The maximum atomic E-state index is 10.8. The van der Waals surface area contributed by atoms with Crippen LogP contribution < -0.4 is 5.48 Å². The Hall–Kier alpha value is -0.830. The van der Waals surface area contributed by atoms with Crippen LogP contribution in [0, 0.1) is 5.92 Å². The largest absolute Gasteiger partial charge is 0.288 e. The average molecular weight is 183 g/mol. The van der Waals surface area contributed by atoms with E-state index in [1.165, 1.54) is 38.2 Å². The lowest BCUT2D eigenvalue weighted by atomic mass is 9.84. The lowest BCUT2D eigenvalue weighted by molar-refractivity contribution is -0.124. The van der Waals surface area contributed by atoms with Crippen molar-refractivity contribution in [3.8, 4) is 0 Å². The van der Waals surface area contributed by atoms with E-state index in [0.717, 1.165) is 5.57 Å². The number of carbonyl (C=O) groups is 1. The highest BCUT2D eigenvalue weighted by Crippen LogP contribution is 2.29. The second kappa shape index (κ2) is 5.02. The van der Waals surface area contributed by atoms with Gasteiger partial charge in [-0.25, -0.2) is 5.48 Å². The number of carbonyl (C=O) groups excluding carboxylic acids is 1. The van der Waals surface area contributed by atoms with Crippen molar-refractivity contribution in [1.82, 2.24) is 5.48 Å². The molecule has 1 aliphatic carbocycles. The summed E-state index contributed by atoms with van der Waals surface area (Å²) in [6, 6.07) is 0. The van der Waals surface area contributed by atoms with Crippen LogP contribution in [0.4, 0.5) is 0 Å². The first-order chi connectivity index (χ1) is 6.24. The maximum Gasteiger partial charge on any atom is 0.267 e. The summed E-state index contributed by atoms with van der Waals surface area (Å²) in [5, 5.41) is 8.34. The van der Waals surface area contributed by atoms with Crippen LogP contribution in [0.1, 0.15) is 39.0 Å². The summed E-state index contributed by atoms with van der Waals surface area (Å²) in [4.78, 5) is 10.8. The third-order valence-corrected chi connectivity index (χ3v) is 2.72. The quantitative estimate of drug-likeness (QED) is 0.391. The van der Waals surface area contributed by atoms with Crippen LogP contribution in [0.5, 0.6) is 0 Å². The van der Waals surface area contributed by atoms with E-state index in [1.54, 1.807) is 5.48 Å². The fraction of sp³-hybridized carbons (Fsp3) is 0.700. The molecule has 3 nitrogen and oxygen atoms in total. The molecule has 1 rings (SSSR count). The van der Waals surface area contributed by atoms with Crippen molar-refractivity contribution < 1.29 is 10.0 Å². The van der Waals surface area contributed by atoms with Gasteiger partial charge in [0.2, 0.25) is 0 Å². The van der Waals surface area contributed by atoms with Crippen LogP contribution in [0.3, 0.4) is 0 Å². The Morgan fingerprint density at radius 2 is 2.00 bits per heavy atom. The zero-order valence-electron chi connectivity index (χ0n) is 8.05. The number of hydroxylamine groups is 1. The molecular formula is C10H17NO2. The van der Waals surface area contributed by atoms with Crippen LogP contribution in [0.25, 0.3) is 0 Å². The number of nitrogens with one attached hydrogen (secondary N) is 1. The van der Waals surface area contributed by atoms with Crippen molar-refractivity contribution in [2.45, 2.75) is 39.0 Å². The molecule has 0 bridgehead atoms. The highest BCUT2D eigenvalue weighted by atomic mass is 16.5. The van der Waals surface area contributed by atoms with E-state index in [-0.39, 0.29) is 0 Å². The smallest absolute Gasteiger partial charge is 0.267 e. The number of hydrogen-bond acceptors (Lipinski definition) is 2. The molecular weight excluding hydrogens is 166 g/mol. The van der Waals surface area contributed by atoms with E-state index in [2.05, 4.69) is 0 Å². The predicted octanol–water partition coefficient (Wildman–Crippen LogP) is 2.02. The normalized spacial score (nSPS) is 20.0. The first-order valence-electron chi connectivity index (χ1n) is 4.86. The lowest BCUT2D eigenvalue weighted by Crippen LogP contribution is -2.17. The second-order valence-corrected chi connectivity index (χ2v) is 3.70. The first kappa shape index (κ1) is 10.3. The van der Waals surface area contributed by atoms with Gasteiger partial charge in [0, 0.05) is 6.08 Å². The van der Waals surface area contributed by atoms with E-state index in [0.29, 0.717) is 5.92 Å². The van der Waals surface area contributed by atoms with E-state index < -0.39 is 5.91 Å². The molecule has 0 heterocycles. The van der Waals surface area contributed by atoms with E-state index in [9.17, 15) is 4.79 Å². The summed E-state index contributed by atoms with van der Waals surface area (Å²) < 4.78 is 0. The summed E-state index contributed by atoms with van der Waals surface area (Å²) in [5.41, 5.74) is 2.71. The van der Waals surface area contributed by atoms with Gasteiger partial charge in [-0.1, -0.05) is 24.8 Å². The van der Waals surface area contributed by atoms with Crippen LogP contribution >= 0.6 is 0 Å². The molecule has 3 heteroatoms. The van der Waals surface area contributed by atoms with Gasteiger partial charge in [-0.05, 0) is 25.7 Å². The standard InChI is InChI=1S/C10H17NO2/c1-8(7-10(12)11-13)9-5-3-2-4-6-9/h7,9,13H,2-6H2,1H3,(H,11,12)/b8-7+. The van der Waals surface area contributed by atoms with Gasteiger partial charge in [0.15, 0.2) is 0 Å². The first-order valence-corrected chi connectivity index (χ1v) is 4.86. The maximum absolute atomic E-state index is 10.8. The molecule has 0 aromatic carbocycles. The van der Waals surface area contributed by atoms with Crippen LogP contribution in [-0.2, 0) is 4.79 Å². The number of hydrogen-bond donors (Lipinski definition) is 2. The molecule has 0 saturated heterocycles. The predicted molar refractivity (Wildman–Crippen MR) is 50.3 cm³/mol. The van der Waals surface area contributed by atoms with Crippen LogP contribution in [0.2, 0.25) is 0 Å². The minimum absolute atomic E-state index is 0.414. The van der Waals surface area contributed by atoms with Gasteiger partial charge in [0.1, 0.15) is 0 Å². The topological polar surface area (TPSA) is 49.3 Å². The molecule has 13 heavy (non-hydrogen) atoms. The molecule has 0 aromatic rings. The molecule has 1 fully saturated rings. The molecule has 0 aromatic heterocycles. The van der Waals surface area contributed by atoms with E-state index >= 15 is 0 Å². The number of amides is 1. The number of rotatable bonds is 2. The summed E-state index contributed by atoms with van der Waals surface area (Å²) in [6.07, 6.45) is 7.70. The molecule has 0 aliphatic heterocycles. The molecule has 1 saturated carbocycles. The molecule has 1 amide bonds. The molecule has 1 aliphatic rings. The summed E-state index contributed by atoms with van der Waals surface area (Å²) >= 11 is 0. The van der Waals surface area contributed by atoms with Gasteiger partial charge in [0.25, 0.3) is 5.91 Å². The highest BCUT2D eigenvalue weighted by Gasteiger charge is 2.15. The highest BCUT2D eigenvalue weighted by molar-refractivity contribution is 5.87. The molecule has 0 radical (unpaired) electrons. The molecule has 0 unspecified atom stereocenters. The minimum atomic E-state index is -0.414. The molecule has 2 N–H and O–H groups in total. The second-order valence-electron chi connectivity index (χ2n) is 3.70. The molecule has 0 spiro atoms. The summed E-state index contributed by atoms with van der Waals surface area (Å²) in [7, 11) is 0. The minimum Gasteiger partial charge on any atom is -0.288 e. The van der Waals surface area contributed by atoms with Crippen molar-refractivity contribution in [1.29, 1.82) is 0 Å². The SMILES string of the molecule is C/C(=C\C(=O)NO)C1CCCCC1. The molecule has 0 atom stereocenters. The lowest BCUT2D eigenvalue weighted by Gasteiger charge is -2.22. The van der Waals surface area contributed by atoms with Crippen LogP contribution in [-0.4, -0.2) is 11.1 Å². The fourth-order valence-corrected chi connectivity index (χ4v) is 1.91.